The van der Waals surface area contributed by atoms with Crippen LogP contribution in [0.15, 0.2) is 89.7 Å². The lowest BCUT2D eigenvalue weighted by molar-refractivity contribution is 1.19. The minimum Gasteiger partial charge on any atom is -0.399 e. The van der Waals surface area contributed by atoms with E-state index in [2.05, 4.69) is 65.2 Å². The first-order valence-electron chi connectivity index (χ1n) is 9.45. The molecule has 2 aromatic heterocycles. The second-order valence-electron chi connectivity index (χ2n) is 7.24. The van der Waals surface area contributed by atoms with Crippen molar-refractivity contribution in [2.45, 2.75) is 0 Å². The van der Waals surface area contributed by atoms with Gasteiger partial charge in [0.15, 0.2) is 5.43 Å². The lowest BCUT2D eigenvalue weighted by Crippen LogP contribution is -2.03. The van der Waals surface area contributed by atoms with Gasteiger partial charge in [0.05, 0.1) is 11.0 Å². The molecule has 0 saturated heterocycles. The van der Waals surface area contributed by atoms with Crippen molar-refractivity contribution < 1.29 is 0 Å². The molecule has 6 rings (SSSR count). The zero-order valence-electron chi connectivity index (χ0n) is 15.4. The zero-order chi connectivity index (χ0) is 19.5. The van der Waals surface area contributed by atoms with Gasteiger partial charge in [-0.3, -0.25) is 4.79 Å². The molecule has 0 aliphatic carbocycles. The largest absolute Gasteiger partial charge is 0.399 e. The number of nitrogens with two attached hydrogens (primary N) is 1. The maximum absolute atomic E-state index is 13.2. The number of hydrogen-bond donors (Lipinski definition) is 1. The van der Waals surface area contributed by atoms with Gasteiger partial charge in [-0.15, -0.1) is 11.3 Å². The van der Waals surface area contributed by atoms with Gasteiger partial charge in [0.25, 0.3) is 0 Å². The van der Waals surface area contributed by atoms with Crippen molar-refractivity contribution >= 4 is 59.0 Å². The molecule has 0 bridgehead atoms. The van der Waals surface area contributed by atoms with Crippen LogP contribution in [0.2, 0.25) is 0 Å². The molecular weight excluding hydrogens is 376 g/mol. The number of anilines is 1. The predicted molar refractivity (Wildman–Crippen MR) is 124 cm³/mol. The summed E-state index contributed by atoms with van der Waals surface area (Å²) in [7, 11) is 0. The Morgan fingerprint density at radius 3 is 1.93 bits per heavy atom. The Morgan fingerprint density at radius 2 is 1.24 bits per heavy atom. The van der Waals surface area contributed by atoms with E-state index in [1.165, 1.54) is 10.8 Å². The average Bonchev–Trinajstić information content (AvgIpc) is 3.09. The van der Waals surface area contributed by atoms with E-state index in [0.29, 0.717) is 11.1 Å². The quantitative estimate of drug-likeness (QED) is 0.272. The highest BCUT2D eigenvalue weighted by Gasteiger charge is 2.13. The van der Waals surface area contributed by atoms with Crippen LogP contribution < -0.4 is 11.2 Å². The molecule has 138 valence electrons. The predicted octanol–water partition coefficient (Wildman–Crippen LogP) is 6.09. The molecule has 0 amide bonds. The normalized spacial score (nSPS) is 11.7. The lowest BCUT2D eigenvalue weighted by atomic mass is 10.1. The summed E-state index contributed by atoms with van der Waals surface area (Å²) in [6, 6.07) is 28.5. The molecule has 4 aromatic carbocycles. The van der Waals surface area contributed by atoms with Gasteiger partial charge in [-0.05, 0) is 48.5 Å². The SMILES string of the molecule is Nc1ccc2sc3ccc(-n4c5ccccc5c5ccccc54)cc3c(=O)c2c1. The van der Waals surface area contributed by atoms with Crippen LogP contribution in [0.3, 0.4) is 0 Å². The van der Waals surface area contributed by atoms with Crippen LogP contribution in [0, 0.1) is 0 Å². The minimum atomic E-state index is 0.0312. The fraction of sp³-hybridized carbons (Fsp3) is 0. The van der Waals surface area contributed by atoms with Crippen LogP contribution in [0.1, 0.15) is 0 Å². The van der Waals surface area contributed by atoms with Gasteiger partial charge < -0.3 is 10.3 Å². The molecule has 3 nitrogen and oxygen atoms in total. The number of aromatic nitrogens is 1. The first-order valence-corrected chi connectivity index (χ1v) is 10.3. The standard InChI is InChI=1S/C25H16N2OS/c26-15-9-11-23-19(13-15)25(28)20-14-16(10-12-24(20)29-23)27-21-7-3-1-5-17(21)18-6-2-4-8-22(18)27/h1-14H,26H2. The molecule has 0 radical (unpaired) electrons. The number of para-hydroxylation sites is 2. The monoisotopic (exact) mass is 392 g/mol. The van der Waals surface area contributed by atoms with E-state index in [-0.39, 0.29) is 5.43 Å². The number of fused-ring (bicyclic) bond motifs is 5. The molecule has 2 N–H and O–H groups in total. The van der Waals surface area contributed by atoms with Crippen LogP contribution in [0.25, 0.3) is 47.7 Å². The highest BCUT2D eigenvalue weighted by atomic mass is 32.1. The van der Waals surface area contributed by atoms with E-state index in [0.717, 1.165) is 31.5 Å². The molecule has 0 aliphatic heterocycles. The summed E-state index contributed by atoms with van der Waals surface area (Å²) in [6.45, 7) is 0. The van der Waals surface area contributed by atoms with Gasteiger partial charge in [-0.25, -0.2) is 0 Å². The summed E-state index contributed by atoms with van der Waals surface area (Å²) in [5.41, 5.74) is 9.83. The van der Waals surface area contributed by atoms with Crippen molar-refractivity contribution in [3.63, 3.8) is 0 Å². The molecule has 4 heteroatoms. The van der Waals surface area contributed by atoms with E-state index in [1.807, 2.05) is 18.2 Å². The average molecular weight is 392 g/mol. The number of rotatable bonds is 1. The minimum absolute atomic E-state index is 0.0312. The van der Waals surface area contributed by atoms with Crippen LogP contribution in [-0.2, 0) is 0 Å². The Balaban J connectivity index is 1.73. The number of benzene rings is 4. The topological polar surface area (TPSA) is 48.0 Å². The lowest BCUT2D eigenvalue weighted by Gasteiger charge is -2.09. The van der Waals surface area contributed by atoms with Crippen LogP contribution in [-0.4, -0.2) is 4.57 Å². The van der Waals surface area contributed by atoms with Crippen LogP contribution in [0.5, 0.6) is 0 Å². The molecule has 6 aromatic rings. The van der Waals surface area contributed by atoms with Gasteiger partial charge in [-0.1, -0.05) is 36.4 Å². The molecule has 29 heavy (non-hydrogen) atoms. The molecular formula is C25H16N2OS. The first kappa shape index (κ1) is 16.3. The molecule has 0 aliphatic rings. The third-order valence-electron chi connectivity index (χ3n) is 5.51. The van der Waals surface area contributed by atoms with Crippen molar-refractivity contribution in [2.24, 2.45) is 0 Å². The summed E-state index contributed by atoms with van der Waals surface area (Å²) >= 11 is 1.62. The van der Waals surface area contributed by atoms with Crippen molar-refractivity contribution in [1.82, 2.24) is 4.57 Å². The fourth-order valence-corrected chi connectivity index (χ4v) is 5.23. The Bertz CT molecular complexity index is 1590. The summed E-state index contributed by atoms with van der Waals surface area (Å²) in [6.07, 6.45) is 0. The van der Waals surface area contributed by atoms with Crippen molar-refractivity contribution in [3.05, 3.63) is 95.2 Å². The molecule has 0 unspecified atom stereocenters. The van der Waals surface area contributed by atoms with Gasteiger partial charge >= 0.3 is 0 Å². The fourth-order valence-electron chi connectivity index (χ4n) is 4.20. The van der Waals surface area contributed by atoms with Crippen LogP contribution in [0.4, 0.5) is 5.69 Å². The van der Waals surface area contributed by atoms with Gasteiger partial charge in [0.2, 0.25) is 0 Å². The number of hydrogen-bond acceptors (Lipinski definition) is 3. The third kappa shape index (κ3) is 2.33. The van der Waals surface area contributed by atoms with E-state index in [1.54, 1.807) is 17.4 Å². The zero-order valence-corrected chi connectivity index (χ0v) is 16.2. The van der Waals surface area contributed by atoms with Crippen molar-refractivity contribution in [3.8, 4) is 5.69 Å². The van der Waals surface area contributed by atoms with E-state index < -0.39 is 0 Å². The van der Waals surface area contributed by atoms with Gasteiger partial charge in [0.1, 0.15) is 0 Å². The number of nitrogens with zero attached hydrogens (tertiary/aromatic N) is 1. The highest BCUT2D eigenvalue weighted by Crippen LogP contribution is 2.33. The summed E-state index contributed by atoms with van der Waals surface area (Å²) in [5, 5.41) is 3.83. The maximum atomic E-state index is 13.2. The third-order valence-corrected chi connectivity index (χ3v) is 6.67. The van der Waals surface area contributed by atoms with E-state index in [9.17, 15) is 4.79 Å². The van der Waals surface area contributed by atoms with Crippen LogP contribution >= 0.6 is 11.3 Å². The van der Waals surface area contributed by atoms with Gasteiger partial charge in [0, 0.05) is 42.3 Å². The van der Waals surface area contributed by atoms with Crippen molar-refractivity contribution in [1.29, 1.82) is 0 Å². The summed E-state index contributed by atoms with van der Waals surface area (Å²) < 4.78 is 4.18. The Labute approximate surface area is 170 Å². The molecule has 0 spiro atoms. The number of nitrogen functional groups attached to an aromatic ring is 1. The Morgan fingerprint density at radius 1 is 0.655 bits per heavy atom. The first-order chi connectivity index (χ1) is 14.2. The van der Waals surface area contributed by atoms with Gasteiger partial charge in [-0.2, -0.15) is 0 Å². The van der Waals surface area contributed by atoms with E-state index in [4.69, 9.17) is 5.73 Å². The maximum Gasteiger partial charge on any atom is 0.196 e. The smallest absolute Gasteiger partial charge is 0.196 e. The molecule has 0 fully saturated rings. The molecule has 2 heterocycles. The Hall–Kier alpha value is -3.63. The highest BCUT2D eigenvalue weighted by molar-refractivity contribution is 7.24. The van der Waals surface area contributed by atoms with Crippen molar-refractivity contribution in [2.75, 3.05) is 5.73 Å². The molecule has 0 atom stereocenters. The Kier molecular flexibility index (Phi) is 3.34. The molecule has 0 saturated carbocycles. The van der Waals surface area contributed by atoms with E-state index >= 15 is 0 Å². The summed E-state index contributed by atoms with van der Waals surface area (Å²) in [4.78, 5) is 13.2. The second-order valence-corrected chi connectivity index (χ2v) is 8.32. The second kappa shape index (κ2) is 5.93. The summed E-state index contributed by atoms with van der Waals surface area (Å²) in [5.74, 6) is 0.